The van der Waals surface area contributed by atoms with Gasteiger partial charge in [-0.2, -0.15) is 0 Å². The summed E-state index contributed by atoms with van der Waals surface area (Å²) in [6, 6.07) is 0. The van der Waals surface area contributed by atoms with Crippen LogP contribution in [0.15, 0.2) is 6.20 Å². The molecule has 0 aliphatic heterocycles. The van der Waals surface area contributed by atoms with Crippen LogP contribution in [0.25, 0.3) is 0 Å². The third-order valence-corrected chi connectivity index (χ3v) is 2.17. The quantitative estimate of drug-likeness (QED) is 0.605. The summed E-state index contributed by atoms with van der Waals surface area (Å²) in [5.74, 6) is -1.29. The molecule has 0 aliphatic rings. The molecule has 0 unspecified atom stereocenters. The lowest BCUT2D eigenvalue weighted by Gasteiger charge is -2.24. The van der Waals surface area contributed by atoms with E-state index in [1.54, 1.807) is 20.0 Å². The molecule has 1 aromatic rings. The maximum atomic E-state index is 11.7. The number of rotatable bonds is 6. The van der Waals surface area contributed by atoms with E-state index in [1.807, 2.05) is 0 Å². The van der Waals surface area contributed by atoms with Crippen LogP contribution in [0, 0.1) is 0 Å². The van der Waals surface area contributed by atoms with Crippen molar-refractivity contribution in [3.63, 3.8) is 0 Å². The number of carboxylic acid groups (broad SMARTS) is 1. The second-order valence-electron chi connectivity index (χ2n) is 4.61. The average Bonchev–Trinajstić information content (AvgIpc) is 2.61. The van der Waals surface area contributed by atoms with E-state index in [1.165, 1.54) is 4.68 Å². The zero-order valence-electron chi connectivity index (χ0n) is 10.4. The first-order valence-corrected chi connectivity index (χ1v) is 5.44. The highest BCUT2D eigenvalue weighted by molar-refractivity contribution is 5.77. The van der Waals surface area contributed by atoms with Gasteiger partial charge in [-0.05, 0) is 13.8 Å². The first-order valence-electron chi connectivity index (χ1n) is 5.44. The maximum Gasteiger partial charge on any atom is 0.305 e. The highest BCUT2D eigenvalue weighted by Gasteiger charge is 2.23. The van der Waals surface area contributed by atoms with Gasteiger partial charge in [0, 0.05) is 12.1 Å². The third-order valence-electron chi connectivity index (χ3n) is 2.17. The molecule has 1 rings (SSSR count). The van der Waals surface area contributed by atoms with Gasteiger partial charge < -0.3 is 16.2 Å². The molecule has 0 atom stereocenters. The Morgan fingerprint density at radius 1 is 1.56 bits per heavy atom. The first kappa shape index (κ1) is 14.1. The Kier molecular flexibility index (Phi) is 4.38. The number of aliphatic carboxylic acids is 1. The number of carbonyl (C=O) groups excluding carboxylic acids is 1. The zero-order chi connectivity index (χ0) is 13.8. The molecule has 0 aliphatic carbocycles. The molecule has 0 radical (unpaired) electrons. The number of carbonyl (C=O) groups is 2. The van der Waals surface area contributed by atoms with Crippen LogP contribution in [-0.4, -0.2) is 37.5 Å². The smallest absolute Gasteiger partial charge is 0.305 e. The molecule has 0 spiro atoms. The fourth-order valence-corrected chi connectivity index (χ4v) is 1.50. The van der Waals surface area contributed by atoms with Gasteiger partial charge in [0.1, 0.15) is 6.54 Å². The summed E-state index contributed by atoms with van der Waals surface area (Å²) in [4.78, 5) is 22.3. The number of nitrogens with one attached hydrogen (secondary N) is 1. The van der Waals surface area contributed by atoms with Crippen LogP contribution in [0.1, 0.15) is 26.0 Å². The summed E-state index contributed by atoms with van der Waals surface area (Å²) in [6.07, 6.45) is 1.42. The molecule has 0 fully saturated rings. The predicted molar refractivity (Wildman–Crippen MR) is 62.4 cm³/mol. The molecule has 0 saturated carbocycles. The van der Waals surface area contributed by atoms with Crippen LogP contribution < -0.4 is 11.1 Å². The summed E-state index contributed by atoms with van der Waals surface area (Å²) < 4.78 is 1.36. The summed E-state index contributed by atoms with van der Waals surface area (Å²) in [5, 5.41) is 18.8. The van der Waals surface area contributed by atoms with Crippen molar-refractivity contribution in [2.75, 3.05) is 0 Å². The highest BCUT2D eigenvalue weighted by atomic mass is 16.4. The number of hydrogen-bond donors (Lipinski definition) is 3. The minimum atomic E-state index is -0.966. The summed E-state index contributed by atoms with van der Waals surface area (Å²) in [5.41, 5.74) is 5.15. The van der Waals surface area contributed by atoms with Crippen LogP contribution in [0.2, 0.25) is 0 Å². The lowest BCUT2D eigenvalue weighted by atomic mass is 10.0. The number of nitrogens with zero attached hydrogens (tertiary/aromatic N) is 3. The predicted octanol–water partition coefficient (Wildman–Crippen LogP) is -0.894. The topological polar surface area (TPSA) is 123 Å². The minimum absolute atomic E-state index is 0.0178. The van der Waals surface area contributed by atoms with Gasteiger partial charge in [-0.1, -0.05) is 5.21 Å². The monoisotopic (exact) mass is 255 g/mol. The van der Waals surface area contributed by atoms with Gasteiger partial charge in [-0.25, -0.2) is 4.68 Å². The van der Waals surface area contributed by atoms with Crippen LogP contribution in [0.5, 0.6) is 0 Å². The van der Waals surface area contributed by atoms with E-state index in [9.17, 15) is 9.59 Å². The fraction of sp³-hybridized carbons (Fsp3) is 0.600. The molecule has 1 heterocycles. The van der Waals surface area contributed by atoms with Gasteiger partial charge in [0.2, 0.25) is 5.91 Å². The number of carboxylic acids is 1. The molecular weight excluding hydrogens is 238 g/mol. The number of hydrogen-bond acceptors (Lipinski definition) is 5. The SMILES string of the molecule is CC(C)(CC(=O)O)NC(=O)Cn1cc(CN)nn1. The highest BCUT2D eigenvalue weighted by Crippen LogP contribution is 2.07. The van der Waals surface area contributed by atoms with E-state index in [-0.39, 0.29) is 25.4 Å². The van der Waals surface area contributed by atoms with Crippen molar-refractivity contribution < 1.29 is 14.7 Å². The molecule has 4 N–H and O–H groups in total. The summed E-state index contributed by atoms with van der Waals surface area (Å²) in [7, 11) is 0. The Labute approximate surface area is 104 Å². The van der Waals surface area contributed by atoms with Gasteiger partial charge >= 0.3 is 5.97 Å². The van der Waals surface area contributed by atoms with Crippen LogP contribution in [-0.2, 0) is 22.7 Å². The molecular formula is C10H17N5O3. The zero-order valence-corrected chi connectivity index (χ0v) is 10.4. The van der Waals surface area contributed by atoms with Crippen LogP contribution in [0.3, 0.4) is 0 Å². The van der Waals surface area contributed by atoms with E-state index >= 15 is 0 Å². The van der Waals surface area contributed by atoms with Crippen LogP contribution >= 0.6 is 0 Å². The molecule has 1 amide bonds. The van der Waals surface area contributed by atoms with E-state index < -0.39 is 11.5 Å². The molecule has 0 bridgehead atoms. The van der Waals surface area contributed by atoms with Crippen molar-refractivity contribution in [1.29, 1.82) is 0 Å². The molecule has 8 nitrogen and oxygen atoms in total. The minimum Gasteiger partial charge on any atom is -0.481 e. The summed E-state index contributed by atoms with van der Waals surface area (Å²) in [6.45, 7) is 3.53. The number of amides is 1. The largest absolute Gasteiger partial charge is 0.481 e. The van der Waals surface area contributed by atoms with Crippen molar-refractivity contribution in [3.8, 4) is 0 Å². The van der Waals surface area contributed by atoms with E-state index in [2.05, 4.69) is 15.6 Å². The Bertz CT molecular complexity index is 440. The van der Waals surface area contributed by atoms with Crippen molar-refractivity contribution >= 4 is 11.9 Å². The Hall–Kier alpha value is -1.96. The molecule has 100 valence electrons. The lowest BCUT2D eigenvalue weighted by molar-refractivity contribution is -0.138. The molecule has 8 heteroatoms. The standard InChI is InChI=1S/C10H17N5O3/c1-10(2,3-9(17)18)12-8(16)6-15-5-7(4-11)13-14-15/h5H,3-4,6,11H2,1-2H3,(H,12,16)(H,17,18). The van der Waals surface area contributed by atoms with Crippen molar-refractivity contribution in [1.82, 2.24) is 20.3 Å². The Morgan fingerprint density at radius 3 is 2.72 bits per heavy atom. The normalized spacial score (nSPS) is 11.3. The number of nitrogens with two attached hydrogens (primary N) is 1. The number of aromatic nitrogens is 3. The van der Waals surface area contributed by atoms with Crippen molar-refractivity contribution in [2.24, 2.45) is 5.73 Å². The lowest BCUT2D eigenvalue weighted by Crippen LogP contribution is -2.46. The third kappa shape index (κ3) is 4.50. The van der Waals surface area contributed by atoms with Crippen molar-refractivity contribution in [3.05, 3.63) is 11.9 Å². The molecule has 0 saturated heterocycles. The van der Waals surface area contributed by atoms with E-state index in [0.717, 1.165) is 0 Å². The fourth-order valence-electron chi connectivity index (χ4n) is 1.50. The average molecular weight is 255 g/mol. The summed E-state index contributed by atoms with van der Waals surface area (Å²) >= 11 is 0. The first-order chi connectivity index (χ1) is 8.32. The second-order valence-corrected chi connectivity index (χ2v) is 4.61. The maximum absolute atomic E-state index is 11.7. The van der Waals surface area contributed by atoms with Gasteiger partial charge in [0.15, 0.2) is 0 Å². The van der Waals surface area contributed by atoms with Crippen LogP contribution in [0.4, 0.5) is 0 Å². The van der Waals surface area contributed by atoms with E-state index in [0.29, 0.717) is 5.69 Å². The van der Waals surface area contributed by atoms with Crippen molar-refractivity contribution in [2.45, 2.75) is 38.9 Å². The molecule has 1 aromatic heterocycles. The second kappa shape index (κ2) is 5.58. The Morgan fingerprint density at radius 2 is 2.22 bits per heavy atom. The van der Waals surface area contributed by atoms with Gasteiger partial charge in [0.05, 0.1) is 18.3 Å². The van der Waals surface area contributed by atoms with Gasteiger partial charge in [-0.15, -0.1) is 5.10 Å². The Balaban J connectivity index is 2.53. The van der Waals surface area contributed by atoms with Gasteiger partial charge in [0.25, 0.3) is 0 Å². The van der Waals surface area contributed by atoms with E-state index in [4.69, 9.17) is 10.8 Å². The molecule has 18 heavy (non-hydrogen) atoms. The molecule has 0 aromatic carbocycles. The van der Waals surface area contributed by atoms with Gasteiger partial charge in [-0.3, -0.25) is 9.59 Å².